The lowest BCUT2D eigenvalue weighted by Crippen LogP contribution is -2.10. The second-order valence-electron chi connectivity index (χ2n) is 4.68. The molecule has 0 spiro atoms. The molecule has 0 amide bonds. The molecule has 2 aromatic rings. The largest absolute Gasteiger partial charge is 0.416 e. The molecule has 114 valence electrons. The Hall–Kier alpha value is -1.60. The van der Waals surface area contributed by atoms with Crippen LogP contribution in [0.15, 0.2) is 24.4 Å². The minimum absolute atomic E-state index is 0.0188. The van der Waals surface area contributed by atoms with E-state index in [1.54, 1.807) is 0 Å². The van der Waals surface area contributed by atoms with Gasteiger partial charge < -0.3 is 5.73 Å². The van der Waals surface area contributed by atoms with Gasteiger partial charge in [-0.1, -0.05) is 30.2 Å². The summed E-state index contributed by atoms with van der Waals surface area (Å²) in [7, 11) is 0. The highest BCUT2D eigenvalue weighted by Crippen LogP contribution is 2.32. The van der Waals surface area contributed by atoms with E-state index in [0.29, 0.717) is 5.69 Å². The monoisotopic (exact) mass is 318 g/mol. The Morgan fingerprint density at radius 3 is 2.67 bits per heavy atom. The van der Waals surface area contributed by atoms with Gasteiger partial charge in [-0.15, -0.1) is 5.10 Å². The molecule has 1 unspecified atom stereocenters. The van der Waals surface area contributed by atoms with Crippen molar-refractivity contribution in [2.24, 2.45) is 5.73 Å². The number of halogens is 4. The van der Waals surface area contributed by atoms with E-state index in [1.807, 2.05) is 6.92 Å². The van der Waals surface area contributed by atoms with Crippen molar-refractivity contribution in [3.05, 3.63) is 40.7 Å². The van der Waals surface area contributed by atoms with Gasteiger partial charge >= 0.3 is 6.18 Å². The quantitative estimate of drug-likeness (QED) is 0.934. The van der Waals surface area contributed by atoms with E-state index in [4.69, 9.17) is 17.3 Å². The highest BCUT2D eigenvalue weighted by Gasteiger charge is 2.31. The van der Waals surface area contributed by atoms with Crippen molar-refractivity contribution in [2.45, 2.75) is 32.0 Å². The van der Waals surface area contributed by atoms with Crippen LogP contribution in [0.3, 0.4) is 0 Å². The molecule has 0 aliphatic carbocycles. The predicted molar refractivity (Wildman–Crippen MR) is 73.2 cm³/mol. The van der Waals surface area contributed by atoms with Gasteiger partial charge in [-0.2, -0.15) is 13.2 Å². The van der Waals surface area contributed by atoms with Gasteiger partial charge in [0.1, 0.15) is 0 Å². The maximum atomic E-state index is 12.8. The van der Waals surface area contributed by atoms with Gasteiger partial charge in [-0.25, -0.2) is 4.68 Å². The molecule has 2 rings (SSSR count). The summed E-state index contributed by atoms with van der Waals surface area (Å²) in [6, 6.07) is 2.94. The number of hydrogen-bond acceptors (Lipinski definition) is 3. The fourth-order valence-electron chi connectivity index (χ4n) is 1.90. The summed E-state index contributed by atoms with van der Waals surface area (Å²) < 4.78 is 39.6. The number of rotatable bonds is 4. The first kappa shape index (κ1) is 15.8. The van der Waals surface area contributed by atoms with E-state index in [-0.39, 0.29) is 16.8 Å². The van der Waals surface area contributed by atoms with Crippen LogP contribution in [0.2, 0.25) is 5.02 Å². The molecule has 0 saturated carbocycles. The molecule has 1 heterocycles. The summed E-state index contributed by atoms with van der Waals surface area (Å²) in [4.78, 5) is 0. The van der Waals surface area contributed by atoms with Crippen molar-refractivity contribution in [3.8, 4) is 5.69 Å². The number of benzene rings is 1. The predicted octanol–water partition coefficient (Wildman–Crippen LogP) is 3.74. The van der Waals surface area contributed by atoms with Crippen molar-refractivity contribution in [1.82, 2.24) is 15.0 Å². The lowest BCUT2D eigenvalue weighted by molar-refractivity contribution is -0.137. The van der Waals surface area contributed by atoms with Gasteiger partial charge in [0.05, 0.1) is 29.2 Å². The topological polar surface area (TPSA) is 56.7 Å². The molecule has 1 aromatic carbocycles. The van der Waals surface area contributed by atoms with E-state index in [9.17, 15) is 13.2 Å². The Balaban J connectivity index is 2.36. The Morgan fingerprint density at radius 1 is 1.33 bits per heavy atom. The van der Waals surface area contributed by atoms with E-state index >= 15 is 0 Å². The van der Waals surface area contributed by atoms with Crippen molar-refractivity contribution in [1.29, 1.82) is 0 Å². The highest BCUT2D eigenvalue weighted by molar-refractivity contribution is 6.30. The molecular weight excluding hydrogens is 305 g/mol. The summed E-state index contributed by atoms with van der Waals surface area (Å²) in [5.41, 5.74) is 5.80. The van der Waals surface area contributed by atoms with Crippen LogP contribution in [0.25, 0.3) is 5.69 Å². The van der Waals surface area contributed by atoms with Crippen LogP contribution in [0.5, 0.6) is 0 Å². The number of nitrogens with zero attached hydrogens (tertiary/aromatic N) is 3. The Bertz CT molecular complexity index is 624. The molecule has 0 radical (unpaired) electrons. The maximum Gasteiger partial charge on any atom is 0.416 e. The fourth-order valence-corrected chi connectivity index (χ4v) is 2.13. The van der Waals surface area contributed by atoms with Gasteiger partial charge in [0.2, 0.25) is 0 Å². The molecular formula is C13H14ClF3N4. The summed E-state index contributed by atoms with van der Waals surface area (Å²) in [5, 5.41) is 7.69. The molecule has 2 N–H and O–H groups in total. The molecule has 8 heteroatoms. The van der Waals surface area contributed by atoms with Crippen LogP contribution < -0.4 is 5.73 Å². The normalized spacial score (nSPS) is 13.4. The molecule has 0 fully saturated rings. The van der Waals surface area contributed by atoms with Crippen molar-refractivity contribution in [2.75, 3.05) is 0 Å². The molecule has 0 saturated heterocycles. The zero-order valence-corrected chi connectivity index (χ0v) is 12.0. The third-order valence-electron chi connectivity index (χ3n) is 2.97. The van der Waals surface area contributed by atoms with Gasteiger partial charge in [0.25, 0.3) is 0 Å². The second-order valence-corrected chi connectivity index (χ2v) is 5.12. The van der Waals surface area contributed by atoms with Crippen molar-refractivity contribution < 1.29 is 13.2 Å². The van der Waals surface area contributed by atoms with Crippen LogP contribution in [-0.2, 0) is 6.18 Å². The minimum atomic E-state index is -4.47. The average Bonchev–Trinajstić information content (AvgIpc) is 2.87. The molecule has 4 nitrogen and oxygen atoms in total. The third-order valence-corrected chi connectivity index (χ3v) is 3.18. The van der Waals surface area contributed by atoms with Crippen LogP contribution in [-0.4, -0.2) is 15.0 Å². The summed E-state index contributed by atoms with van der Waals surface area (Å²) >= 11 is 5.74. The molecule has 1 atom stereocenters. The lowest BCUT2D eigenvalue weighted by atomic mass is 10.1. The van der Waals surface area contributed by atoms with E-state index < -0.39 is 11.7 Å². The van der Waals surface area contributed by atoms with E-state index in [0.717, 1.165) is 25.0 Å². The van der Waals surface area contributed by atoms with Gasteiger partial charge in [0, 0.05) is 5.02 Å². The first-order valence-electron chi connectivity index (χ1n) is 6.37. The SMILES string of the molecule is CCCC(N)c1cn(-c2cc(Cl)cc(C(F)(F)F)c2)nn1. The van der Waals surface area contributed by atoms with E-state index in [2.05, 4.69) is 10.3 Å². The molecule has 1 aromatic heterocycles. The smallest absolute Gasteiger partial charge is 0.323 e. The minimum Gasteiger partial charge on any atom is -0.323 e. The van der Waals surface area contributed by atoms with E-state index in [1.165, 1.54) is 16.9 Å². The standard InChI is InChI=1S/C13H14ClF3N4/c1-2-3-11(18)12-7-21(20-19-12)10-5-8(13(15,16)17)4-9(14)6-10/h4-7,11H,2-3,18H2,1H3. The van der Waals surface area contributed by atoms with Crippen LogP contribution >= 0.6 is 11.6 Å². The zero-order valence-electron chi connectivity index (χ0n) is 11.2. The van der Waals surface area contributed by atoms with Crippen molar-refractivity contribution >= 4 is 11.6 Å². The molecule has 21 heavy (non-hydrogen) atoms. The second kappa shape index (κ2) is 6.03. The molecule has 0 bridgehead atoms. The van der Waals surface area contributed by atoms with Crippen LogP contribution in [0.4, 0.5) is 13.2 Å². The summed E-state index contributed by atoms with van der Waals surface area (Å²) in [6.45, 7) is 1.98. The van der Waals surface area contributed by atoms with Gasteiger partial charge in [-0.05, 0) is 24.6 Å². The van der Waals surface area contributed by atoms with Gasteiger partial charge in [-0.3, -0.25) is 0 Å². The van der Waals surface area contributed by atoms with Gasteiger partial charge in [0.15, 0.2) is 0 Å². The molecule has 0 aliphatic rings. The number of aromatic nitrogens is 3. The number of alkyl halides is 3. The van der Waals surface area contributed by atoms with Crippen molar-refractivity contribution in [3.63, 3.8) is 0 Å². The summed E-state index contributed by atoms with van der Waals surface area (Å²) in [5.74, 6) is 0. The Labute approximate surface area is 124 Å². The van der Waals surface area contributed by atoms with Crippen LogP contribution in [0.1, 0.15) is 37.1 Å². The zero-order chi connectivity index (χ0) is 15.6. The summed E-state index contributed by atoms with van der Waals surface area (Å²) in [6.07, 6.45) is -1.35. The molecule has 0 aliphatic heterocycles. The Morgan fingerprint density at radius 2 is 2.05 bits per heavy atom. The average molecular weight is 319 g/mol. The fraction of sp³-hybridized carbons (Fsp3) is 0.385. The highest BCUT2D eigenvalue weighted by atomic mass is 35.5. The first-order valence-corrected chi connectivity index (χ1v) is 6.75. The first-order chi connectivity index (χ1) is 9.81. The third kappa shape index (κ3) is 3.74. The lowest BCUT2D eigenvalue weighted by Gasteiger charge is -2.09. The Kier molecular flexibility index (Phi) is 4.53. The number of nitrogens with two attached hydrogens (primary N) is 1. The van der Waals surface area contributed by atoms with Crippen LogP contribution in [0, 0.1) is 0 Å². The number of hydrogen-bond donors (Lipinski definition) is 1. The maximum absolute atomic E-state index is 12.8.